The van der Waals surface area contributed by atoms with Gasteiger partial charge in [0.25, 0.3) is 11.8 Å². The molecule has 188 valence electrons. The Bertz CT molecular complexity index is 1150. The van der Waals surface area contributed by atoms with Crippen LogP contribution in [0.3, 0.4) is 0 Å². The summed E-state index contributed by atoms with van der Waals surface area (Å²) in [6.07, 6.45) is 0. The van der Waals surface area contributed by atoms with Crippen molar-refractivity contribution in [3.8, 4) is 0 Å². The summed E-state index contributed by atoms with van der Waals surface area (Å²) < 4.78 is 40.6. The van der Waals surface area contributed by atoms with Crippen molar-refractivity contribution in [1.82, 2.24) is 14.6 Å². The van der Waals surface area contributed by atoms with Crippen molar-refractivity contribution in [1.29, 1.82) is 0 Å². The zero-order valence-corrected chi connectivity index (χ0v) is 22.6. The van der Waals surface area contributed by atoms with Gasteiger partial charge in [-0.05, 0) is 0 Å². The van der Waals surface area contributed by atoms with E-state index in [0.29, 0.717) is 0 Å². The molecule has 35 heavy (non-hydrogen) atoms. The second kappa shape index (κ2) is 13.1. The number of amides is 3. The molecule has 0 aromatic carbocycles. The first-order chi connectivity index (χ1) is 15.9. The van der Waals surface area contributed by atoms with Gasteiger partial charge in [-0.25, -0.2) is 14.6 Å². The van der Waals surface area contributed by atoms with Gasteiger partial charge in [-0.1, -0.05) is 5.16 Å². The Morgan fingerprint density at radius 1 is 1.31 bits per heavy atom. The number of anilines is 1. The molecule has 1 aromatic rings. The second-order valence-corrected chi connectivity index (χ2v) is 8.45. The Hall–Kier alpha value is -2.35. The first-order valence-electron chi connectivity index (χ1n) is 8.72. The minimum atomic E-state index is -5.13. The van der Waals surface area contributed by atoms with E-state index in [1.54, 1.807) is 0 Å². The molecule has 1 aromatic heterocycles. The topological polar surface area (TPSA) is 220 Å². The summed E-state index contributed by atoms with van der Waals surface area (Å²) in [5, 5.41) is 9.16. The number of thiazole rings is 1. The number of aromatic nitrogens is 1. The fourth-order valence-electron chi connectivity index (χ4n) is 2.43. The standard InChI is InChI=1S/C15H16ClN5O11S2.Na.H/c1-30-8(23)4-32-20-9(6-5-33-15(17-6)18-7(22)3-16)12(24)19-10-11(14(26)31-2)21(13(10)25)34(27,28)29;;/h5,10-11H,3-4H2,1-2H3,(H,19,24)(H,17,18,22)(H,27,28,29);;/q;+1;-1/b20-9-;;. The minimum absolute atomic E-state index is 0. The molecule has 0 saturated carbocycles. The molecule has 1 saturated heterocycles. The Morgan fingerprint density at radius 2 is 1.97 bits per heavy atom. The molecule has 16 nitrogen and oxygen atoms in total. The van der Waals surface area contributed by atoms with E-state index in [1.807, 2.05) is 0 Å². The number of hydrogen-bond donors (Lipinski definition) is 3. The van der Waals surface area contributed by atoms with E-state index in [2.05, 4.69) is 30.2 Å². The number of alkyl halides is 1. The summed E-state index contributed by atoms with van der Waals surface area (Å²) in [7, 11) is -3.17. The first kappa shape index (κ1) is 30.7. The second-order valence-electron chi connectivity index (χ2n) is 6.04. The van der Waals surface area contributed by atoms with E-state index in [0.717, 1.165) is 25.6 Å². The number of ether oxygens (including phenoxy) is 2. The van der Waals surface area contributed by atoms with Crippen LogP contribution >= 0.6 is 22.9 Å². The summed E-state index contributed by atoms with van der Waals surface area (Å²) in [6, 6.07) is -3.66. The van der Waals surface area contributed by atoms with Crippen LogP contribution in [0.4, 0.5) is 5.13 Å². The number of nitrogens with zero attached hydrogens (tertiary/aromatic N) is 3. The first-order valence-corrected chi connectivity index (χ1v) is 11.5. The maximum absolute atomic E-state index is 12.8. The Balaban J connectivity index is 0.00000612. The van der Waals surface area contributed by atoms with Gasteiger partial charge in [0, 0.05) is 5.38 Å². The molecule has 1 fully saturated rings. The maximum atomic E-state index is 12.8. The van der Waals surface area contributed by atoms with Gasteiger partial charge in [0.15, 0.2) is 16.9 Å². The van der Waals surface area contributed by atoms with Gasteiger partial charge >= 0.3 is 51.8 Å². The number of carbonyl (C=O) groups excluding carboxylic acids is 5. The molecule has 1 aliphatic heterocycles. The van der Waals surface area contributed by atoms with Crippen LogP contribution in [-0.2, 0) is 48.6 Å². The number of halogens is 1. The number of oxime groups is 1. The Labute approximate surface area is 229 Å². The van der Waals surface area contributed by atoms with Crippen LogP contribution in [0.1, 0.15) is 7.12 Å². The summed E-state index contributed by atoms with van der Waals surface area (Å²) in [5.74, 6) is -5.59. The number of rotatable bonds is 10. The molecule has 0 radical (unpaired) electrons. The van der Waals surface area contributed by atoms with Crippen molar-refractivity contribution in [3.05, 3.63) is 11.1 Å². The zero-order valence-electron chi connectivity index (χ0n) is 19.2. The fraction of sp³-hybridized carbons (Fsp3) is 0.400. The maximum Gasteiger partial charge on any atom is 1.00 e. The molecule has 2 atom stereocenters. The molecule has 1 aliphatic rings. The normalized spacial score (nSPS) is 17.4. The van der Waals surface area contributed by atoms with Gasteiger partial charge in [-0.15, -0.1) is 22.9 Å². The molecule has 0 aliphatic carbocycles. The summed E-state index contributed by atoms with van der Waals surface area (Å²) >= 11 is 6.26. The van der Waals surface area contributed by atoms with Crippen LogP contribution in [-0.4, -0.2) is 96.4 Å². The van der Waals surface area contributed by atoms with Crippen LogP contribution in [0.25, 0.3) is 0 Å². The van der Waals surface area contributed by atoms with E-state index < -0.39 is 64.4 Å². The predicted molar refractivity (Wildman–Crippen MR) is 113 cm³/mol. The molecule has 2 unspecified atom stereocenters. The molecule has 2 rings (SSSR count). The van der Waals surface area contributed by atoms with Crippen molar-refractivity contribution in [2.75, 3.05) is 32.0 Å². The van der Waals surface area contributed by atoms with Gasteiger partial charge in [0.05, 0.1) is 14.2 Å². The average molecular weight is 566 g/mol. The van der Waals surface area contributed by atoms with Crippen LogP contribution in [0.2, 0.25) is 0 Å². The van der Waals surface area contributed by atoms with E-state index in [-0.39, 0.29) is 52.0 Å². The van der Waals surface area contributed by atoms with Crippen molar-refractivity contribution < 1.29 is 82.2 Å². The van der Waals surface area contributed by atoms with Gasteiger partial charge in [0.1, 0.15) is 17.6 Å². The zero-order chi connectivity index (χ0) is 25.6. The van der Waals surface area contributed by atoms with Gasteiger partial charge in [-0.3, -0.25) is 18.9 Å². The van der Waals surface area contributed by atoms with Crippen LogP contribution in [0.15, 0.2) is 10.5 Å². The van der Waals surface area contributed by atoms with E-state index >= 15 is 0 Å². The number of nitrogens with one attached hydrogen (secondary N) is 2. The van der Waals surface area contributed by atoms with Crippen molar-refractivity contribution in [2.24, 2.45) is 5.16 Å². The Morgan fingerprint density at radius 3 is 2.51 bits per heavy atom. The number of carbonyl (C=O) groups is 5. The van der Waals surface area contributed by atoms with Crippen LogP contribution < -0.4 is 40.2 Å². The fourth-order valence-corrected chi connectivity index (χ4v) is 4.04. The van der Waals surface area contributed by atoms with Gasteiger partial charge < -0.3 is 26.4 Å². The summed E-state index contributed by atoms with van der Waals surface area (Å²) in [5.41, 5.74) is -0.807. The SMILES string of the molecule is COC(=O)CO/N=C(\C(=O)NC1C(=O)N(S(=O)(=O)O)C1C(=O)OC)c1csc(NC(=O)CCl)n1.[H-].[Na+]. The molecule has 3 amide bonds. The molecule has 0 bridgehead atoms. The number of esters is 2. The number of hydrogen-bond acceptors (Lipinski definition) is 13. The Kier molecular flexibility index (Phi) is 11.5. The van der Waals surface area contributed by atoms with E-state index in [1.165, 1.54) is 5.38 Å². The van der Waals surface area contributed by atoms with Crippen molar-refractivity contribution >= 4 is 73.7 Å². The molecular formula is C15H17ClN5NaO11S2. The molecule has 3 N–H and O–H groups in total. The summed E-state index contributed by atoms with van der Waals surface area (Å²) in [6.45, 7) is -0.711. The van der Waals surface area contributed by atoms with E-state index in [4.69, 9.17) is 21.0 Å². The van der Waals surface area contributed by atoms with Gasteiger partial charge in [-0.2, -0.15) is 12.7 Å². The molecule has 20 heteroatoms. The van der Waals surface area contributed by atoms with Crippen LogP contribution in [0.5, 0.6) is 0 Å². The van der Waals surface area contributed by atoms with Crippen LogP contribution in [0, 0.1) is 0 Å². The third-order valence-corrected chi connectivity index (χ3v) is 5.83. The summed E-state index contributed by atoms with van der Waals surface area (Å²) in [4.78, 5) is 68.3. The van der Waals surface area contributed by atoms with Crippen molar-refractivity contribution in [3.63, 3.8) is 0 Å². The average Bonchev–Trinajstić information content (AvgIpc) is 3.24. The number of β-lactam (4-membered cyclic amide) rings is 1. The largest absolute Gasteiger partial charge is 1.00 e. The minimum Gasteiger partial charge on any atom is -1.00 e. The monoisotopic (exact) mass is 565 g/mol. The third kappa shape index (κ3) is 7.56. The van der Waals surface area contributed by atoms with Crippen molar-refractivity contribution in [2.45, 2.75) is 12.1 Å². The van der Waals surface area contributed by atoms with Gasteiger partial charge in [0.2, 0.25) is 12.5 Å². The predicted octanol–water partition coefficient (Wildman–Crippen LogP) is -5.00. The number of methoxy groups -OCH3 is 2. The molecule has 2 heterocycles. The molecular weight excluding hydrogens is 549 g/mol. The van der Waals surface area contributed by atoms with E-state index in [9.17, 15) is 32.4 Å². The smallest absolute Gasteiger partial charge is 1.00 e. The molecule has 0 spiro atoms. The third-order valence-electron chi connectivity index (χ3n) is 3.93. The quantitative estimate of drug-likeness (QED) is 0.0461.